The topological polar surface area (TPSA) is 43.3 Å². The van der Waals surface area contributed by atoms with E-state index in [4.69, 9.17) is 14.2 Å². The van der Waals surface area contributed by atoms with E-state index < -0.39 is 0 Å². The molecule has 0 spiro atoms. The molecule has 1 saturated heterocycles. The number of aryl methyl sites for hydroxylation is 1. The van der Waals surface area contributed by atoms with Crippen LogP contribution in [0.15, 0.2) is 71.7 Å². The minimum Gasteiger partial charge on any atom is -0.497 e. The first kappa shape index (κ1) is 20.0. The molecule has 0 N–H and O–H groups in total. The molecule has 5 nitrogen and oxygen atoms in total. The fraction of sp³-hybridized carbons (Fsp3) is 0.240. The van der Waals surface area contributed by atoms with Crippen molar-refractivity contribution < 1.29 is 14.2 Å². The Morgan fingerprint density at radius 3 is 2.13 bits per heavy atom. The first-order chi connectivity index (χ1) is 14.7. The Morgan fingerprint density at radius 2 is 1.50 bits per heavy atom. The molecule has 1 aliphatic heterocycles. The molecule has 1 aliphatic rings. The maximum atomic E-state index is 5.86. The molecule has 0 bridgehead atoms. The van der Waals surface area contributed by atoms with Crippen molar-refractivity contribution in [3.05, 3.63) is 77.9 Å². The van der Waals surface area contributed by atoms with Crippen molar-refractivity contribution in [2.24, 2.45) is 4.99 Å². The summed E-state index contributed by atoms with van der Waals surface area (Å²) in [4.78, 5) is 6.98. The quantitative estimate of drug-likeness (QED) is 0.519. The summed E-state index contributed by atoms with van der Waals surface area (Å²) in [5.74, 6) is 2.34. The minimum atomic E-state index is 0.767. The van der Waals surface area contributed by atoms with Gasteiger partial charge in [0.1, 0.15) is 17.2 Å². The molecule has 1 heterocycles. The first-order valence-electron chi connectivity index (χ1n) is 10.1. The molecule has 3 aromatic carbocycles. The van der Waals surface area contributed by atoms with Crippen LogP contribution in [0.3, 0.4) is 0 Å². The lowest BCUT2D eigenvalue weighted by molar-refractivity contribution is 0.122. The zero-order chi connectivity index (χ0) is 20.8. The third kappa shape index (κ3) is 4.99. The first-order valence-corrected chi connectivity index (χ1v) is 10.1. The Bertz CT molecular complexity index is 992. The van der Waals surface area contributed by atoms with Gasteiger partial charge in [0.2, 0.25) is 0 Å². The third-order valence-electron chi connectivity index (χ3n) is 5.11. The second-order valence-corrected chi connectivity index (χ2v) is 7.17. The second-order valence-electron chi connectivity index (χ2n) is 7.17. The van der Waals surface area contributed by atoms with E-state index in [0.29, 0.717) is 0 Å². The van der Waals surface area contributed by atoms with Crippen LogP contribution in [0.25, 0.3) is 0 Å². The highest BCUT2D eigenvalue weighted by Gasteiger charge is 2.11. The van der Waals surface area contributed by atoms with E-state index in [2.05, 4.69) is 35.0 Å². The molecule has 4 rings (SSSR count). The Morgan fingerprint density at radius 1 is 0.867 bits per heavy atom. The van der Waals surface area contributed by atoms with E-state index in [0.717, 1.165) is 54.8 Å². The third-order valence-corrected chi connectivity index (χ3v) is 5.11. The Balaban J connectivity index is 1.39. The van der Waals surface area contributed by atoms with Gasteiger partial charge in [0.25, 0.3) is 0 Å². The van der Waals surface area contributed by atoms with Crippen LogP contribution in [0.2, 0.25) is 0 Å². The summed E-state index contributed by atoms with van der Waals surface area (Å²) in [6, 6.07) is 21.8. The van der Waals surface area contributed by atoms with Crippen LogP contribution in [0.1, 0.15) is 11.1 Å². The molecular weight excluding hydrogens is 376 g/mol. The van der Waals surface area contributed by atoms with E-state index >= 15 is 0 Å². The molecule has 0 radical (unpaired) electrons. The van der Waals surface area contributed by atoms with Crippen LogP contribution in [-0.4, -0.2) is 39.6 Å². The van der Waals surface area contributed by atoms with Crippen molar-refractivity contribution >= 4 is 17.6 Å². The van der Waals surface area contributed by atoms with Crippen LogP contribution in [0, 0.1) is 6.92 Å². The molecule has 0 amide bonds. The van der Waals surface area contributed by atoms with Crippen LogP contribution >= 0.6 is 0 Å². The highest BCUT2D eigenvalue weighted by molar-refractivity contribution is 5.84. The molecular formula is C25H26N2O3. The van der Waals surface area contributed by atoms with Gasteiger partial charge in [0.05, 0.1) is 26.0 Å². The number of benzene rings is 3. The van der Waals surface area contributed by atoms with Gasteiger partial charge < -0.3 is 19.1 Å². The SMILES string of the molecule is COc1ccc(Oc2ccc(N=Cc3ccc(N4CCOCC4)cc3C)cc2)cc1. The average Bonchev–Trinajstić information content (AvgIpc) is 2.80. The number of nitrogens with zero attached hydrogens (tertiary/aromatic N) is 2. The highest BCUT2D eigenvalue weighted by atomic mass is 16.5. The van der Waals surface area contributed by atoms with Gasteiger partial charge in [0, 0.05) is 25.0 Å². The number of anilines is 1. The molecule has 0 aromatic heterocycles. The maximum absolute atomic E-state index is 5.86. The Hall–Kier alpha value is -3.31. The lowest BCUT2D eigenvalue weighted by Crippen LogP contribution is -2.36. The largest absolute Gasteiger partial charge is 0.497 e. The van der Waals surface area contributed by atoms with Gasteiger partial charge in [0.15, 0.2) is 0 Å². The van der Waals surface area contributed by atoms with Gasteiger partial charge in [-0.05, 0) is 78.7 Å². The van der Waals surface area contributed by atoms with Gasteiger partial charge in [-0.1, -0.05) is 6.07 Å². The molecule has 5 heteroatoms. The van der Waals surface area contributed by atoms with Gasteiger partial charge in [-0.25, -0.2) is 0 Å². The fourth-order valence-corrected chi connectivity index (χ4v) is 3.35. The monoisotopic (exact) mass is 402 g/mol. The van der Waals surface area contributed by atoms with Crippen molar-refractivity contribution in [2.75, 3.05) is 38.3 Å². The maximum Gasteiger partial charge on any atom is 0.127 e. The number of morpholine rings is 1. The molecule has 154 valence electrons. The van der Waals surface area contributed by atoms with Crippen molar-refractivity contribution in [3.63, 3.8) is 0 Å². The molecule has 0 unspecified atom stereocenters. The number of ether oxygens (including phenoxy) is 3. The van der Waals surface area contributed by atoms with Crippen molar-refractivity contribution in [3.8, 4) is 17.2 Å². The summed E-state index contributed by atoms with van der Waals surface area (Å²) in [5.41, 5.74) is 4.45. The fourth-order valence-electron chi connectivity index (χ4n) is 3.35. The van der Waals surface area contributed by atoms with Gasteiger partial charge >= 0.3 is 0 Å². The summed E-state index contributed by atoms with van der Waals surface area (Å²) < 4.78 is 16.5. The Kier molecular flexibility index (Phi) is 6.30. The zero-order valence-electron chi connectivity index (χ0n) is 17.4. The number of aliphatic imine (C=N–C) groups is 1. The minimum absolute atomic E-state index is 0.767. The second kappa shape index (κ2) is 9.46. The summed E-state index contributed by atoms with van der Waals surface area (Å²) in [6.07, 6.45) is 1.91. The lowest BCUT2D eigenvalue weighted by atomic mass is 10.1. The van der Waals surface area contributed by atoms with Crippen LogP contribution < -0.4 is 14.4 Å². The van der Waals surface area contributed by atoms with E-state index in [-0.39, 0.29) is 0 Å². The normalized spacial score (nSPS) is 14.1. The molecule has 0 aliphatic carbocycles. The van der Waals surface area contributed by atoms with Crippen LogP contribution in [0.5, 0.6) is 17.2 Å². The predicted octanol–water partition coefficient (Wildman–Crippen LogP) is 5.38. The van der Waals surface area contributed by atoms with Crippen molar-refractivity contribution in [2.45, 2.75) is 6.92 Å². The van der Waals surface area contributed by atoms with Gasteiger partial charge in [-0.2, -0.15) is 0 Å². The van der Waals surface area contributed by atoms with E-state index in [1.54, 1.807) is 7.11 Å². The lowest BCUT2D eigenvalue weighted by Gasteiger charge is -2.29. The number of hydrogen-bond donors (Lipinski definition) is 0. The number of hydrogen-bond acceptors (Lipinski definition) is 5. The molecule has 1 fully saturated rings. The van der Waals surface area contributed by atoms with E-state index in [1.165, 1.54) is 11.3 Å². The van der Waals surface area contributed by atoms with Gasteiger partial charge in [-0.15, -0.1) is 0 Å². The molecule has 30 heavy (non-hydrogen) atoms. The molecule has 3 aromatic rings. The van der Waals surface area contributed by atoms with Crippen molar-refractivity contribution in [1.29, 1.82) is 0 Å². The highest BCUT2D eigenvalue weighted by Crippen LogP contribution is 2.26. The van der Waals surface area contributed by atoms with Crippen LogP contribution in [0.4, 0.5) is 11.4 Å². The standard InChI is InChI=1S/C25H26N2O3/c1-19-17-22(27-13-15-29-16-14-27)6-3-20(19)18-26-21-4-7-24(8-5-21)30-25-11-9-23(28-2)10-12-25/h3-12,17-18H,13-16H2,1-2H3. The number of rotatable bonds is 6. The smallest absolute Gasteiger partial charge is 0.127 e. The summed E-state index contributed by atoms with van der Waals surface area (Å²) >= 11 is 0. The van der Waals surface area contributed by atoms with E-state index in [9.17, 15) is 0 Å². The summed E-state index contributed by atoms with van der Waals surface area (Å²) in [6.45, 7) is 5.59. The zero-order valence-corrected chi connectivity index (χ0v) is 17.4. The summed E-state index contributed by atoms with van der Waals surface area (Å²) in [5, 5.41) is 0. The summed E-state index contributed by atoms with van der Waals surface area (Å²) in [7, 11) is 1.65. The van der Waals surface area contributed by atoms with Crippen LogP contribution in [-0.2, 0) is 4.74 Å². The average molecular weight is 402 g/mol. The van der Waals surface area contributed by atoms with Gasteiger partial charge in [-0.3, -0.25) is 4.99 Å². The molecule has 0 saturated carbocycles. The Labute approximate surface area is 177 Å². The van der Waals surface area contributed by atoms with E-state index in [1.807, 2.05) is 54.7 Å². The molecule has 0 atom stereocenters. The van der Waals surface area contributed by atoms with Crippen molar-refractivity contribution in [1.82, 2.24) is 0 Å². The predicted molar refractivity (Wildman–Crippen MR) is 121 cm³/mol. The number of methoxy groups -OCH3 is 1.